The Bertz CT molecular complexity index is 285. The van der Waals surface area contributed by atoms with E-state index in [4.69, 9.17) is 9.47 Å². The number of nitrogens with one attached hydrogen (secondary N) is 1. The zero-order valence-corrected chi connectivity index (χ0v) is 10.8. The molecule has 1 amide bonds. The molecule has 0 aromatic rings. The van der Waals surface area contributed by atoms with Crippen molar-refractivity contribution >= 4 is 12.1 Å². The highest BCUT2D eigenvalue weighted by Crippen LogP contribution is 2.04. The molecule has 1 atom stereocenters. The van der Waals surface area contributed by atoms with Crippen LogP contribution < -0.4 is 5.32 Å². The average molecular weight is 260 g/mol. The second-order valence-electron chi connectivity index (χ2n) is 4.03. The Hall–Kier alpha value is -1.34. The third-order valence-corrected chi connectivity index (χ3v) is 2.68. The molecule has 0 aromatic carbocycles. The summed E-state index contributed by atoms with van der Waals surface area (Å²) in [6.45, 7) is 2.89. The van der Waals surface area contributed by atoms with Crippen LogP contribution in [0.2, 0.25) is 0 Å². The Labute approximate surface area is 106 Å². The molecule has 1 unspecified atom stereocenters. The van der Waals surface area contributed by atoms with Gasteiger partial charge in [0.25, 0.3) is 0 Å². The van der Waals surface area contributed by atoms with Crippen LogP contribution in [-0.4, -0.2) is 70.1 Å². The fourth-order valence-corrected chi connectivity index (χ4v) is 1.69. The van der Waals surface area contributed by atoms with Crippen molar-refractivity contribution in [1.82, 2.24) is 10.2 Å². The maximum Gasteiger partial charge on any atom is 0.407 e. The van der Waals surface area contributed by atoms with Crippen LogP contribution in [0, 0.1) is 0 Å². The van der Waals surface area contributed by atoms with E-state index in [2.05, 4.69) is 10.1 Å². The molecule has 1 aliphatic rings. The van der Waals surface area contributed by atoms with Crippen LogP contribution in [0.25, 0.3) is 0 Å². The first-order valence-corrected chi connectivity index (χ1v) is 5.88. The van der Waals surface area contributed by atoms with E-state index in [-0.39, 0.29) is 18.2 Å². The van der Waals surface area contributed by atoms with Crippen LogP contribution >= 0.6 is 0 Å². The summed E-state index contributed by atoms with van der Waals surface area (Å²) < 4.78 is 14.7. The van der Waals surface area contributed by atoms with E-state index in [1.165, 1.54) is 7.11 Å². The van der Waals surface area contributed by atoms with Gasteiger partial charge in [-0.15, -0.1) is 0 Å². The third kappa shape index (κ3) is 5.33. The van der Waals surface area contributed by atoms with Crippen LogP contribution in [0.4, 0.5) is 4.79 Å². The SMILES string of the molecule is COCCN(CCC(=O)OC)CC1CNC(=O)O1. The topological polar surface area (TPSA) is 77.1 Å². The number of amides is 1. The van der Waals surface area contributed by atoms with Gasteiger partial charge >= 0.3 is 12.1 Å². The molecule has 18 heavy (non-hydrogen) atoms. The van der Waals surface area contributed by atoms with Gasteiger partial charge in [-0.1, -0.05) is 0 Å². The molecular formula is C11H20N2O5. The number of esters is 1. The number of alkyl carbamates (subject to hydrolysis) is 1. The fraction of sp³-hybridized carbons (Fsp3) is 0.818. The van der Waals surface area contributed by atoms with Crippen molar-refractivity contribution < 1.29 is 23.8 Å². The zero-order valence-electron chi connectivity index (χ0n) is 10.8. The fourth-order valence-electron chi connectivity index (χ4n) is 1.69. The molecule has 1 N–H and O–H groups in total. The monoisotopic (exact) mass is 260 g/mol. The van der Waals surface area contributed by atoms with Gasteiger partial charge in [-0.25, -0.2) is 4.79 Å². The second-order valence-corrected chi connectivity index (χ2v) is 4.03. The van der Waals surface area contributed by atoms with Crippen molar-refractivity contribution in [3.63, 3.8) is 0 Å². The van der Waals surface area contributed by atoms with Crippen LogP contribution in [0.5, 0.6) is 0 Å². The first kappa shape index (κ1) is 14.7. The van der Waals surface area contributed by atoms with E-state index < -0.39 is 0 Å². The van der Waals surface area contributed by atoms with Crippen molar-refractivity contribution in [3.05, 3.63) is 0 Å². The first-order chi connectivity index (χ1) is 8.65. The lowest BCUT2D eigenvalue weighted by atomic mass is 10.3. The molecule has 7 nitrogen and oxygen atoms in total. The predicted molar refractivity (Wildman–Crippen MR) is 63.2 cm³/mol. The smallest absolute Gasteiger partial charge is 0.407 e. The number of carbonyl (C=O) groups excluding carboxylic acids is 2. The lowest BCUT2D eigenvalue weighted by Crippen LogP contribution is -2.37. The number of carbonyl (C=O) groups is 2. The molecule has 1 saturated heterocycles. The van der Waals surface area contributed by atoms with Gasteiger partial charge in [0.05, 0.1) is 26.7 Å². The summed E-state index contributed by atoms with van der Waals surface area (Å²) in [6.07, 6.45) is -0.249. The number of ether oxygens (including phenoxy) is 3. The number of methoxy groups -OCH3 is 2. The number of nitrogens with zero attached hydrogens (tertiary/aromatic N) is 1. The minimum Gasteiger partial charge on any atom is -0.469 e. The molecule has 0 bridgehead atoms. The van der Waals surface area contributed by atoms with Gasteiger partial charge in [-0.2, -0.15) is 0 Å². The molecule has 7 heteroatoms. The zero-order chi connectivity index (χ0) is 13.4. The Morgan fingerprint density at radius 3 is 2.83 bits per heavy atom. The highest BCUT2D eigenvalue weighted by molar-refractivity contribution is 5.69. The summed E-state index contributed by atoms with van der Waals surface area (Å²) >= 11 is 0. The van der Waals surface area contributed by atoms with Crippen molar-refractivity contribution in [2.45, 2.75) is 12.5 Å². The minimum atomic E-state index is -0.389. The minimum absolute atomic E-state index is 0.174. The van der Waals surface area contributed by atoms with Gasteiger partial charge < -0.3 is 19.5 Å². The van der Waals surface area contributed by atoms with Gasteiger partial charge in [0.2, 0.25) is 0 Å². The molecule has 1 fully saturated rings. The van der Waals surface area contributed by atoms with Gasteiger partial charge in [0, 0.05) is 26.7 Å². The average Bonchev–Trinajstić information content (AvgIpc) is 2.77. The van der Waals surface area contributed by atoms with Crippen LogP contribution in [0.3, 0.4) is 0 Å². The summed E-state index contributed by atoms with van der Waals surface area (Å²) in [4.78, 5) is 24.0. The molecule has 104 valence electrons. The van der Waals surface area contributed by atoms with Gasteiger partial charge in [-0.3, -0.25) is 9.69 Å². The molecule has 1 rings (SSSR count). The van der Waals surface area contributed by atoms with E-state index in [9.17, 15) is 9.59 Å². The highest BCUT2D eigenvalue weighted by atomic mass is 16.6. The largest absolute Gasteiger partial charge is 0.469 e. The Balaban J connectivity index is 2.34. The number of rotatable bonds is 8. The van der Waals surface area contributed by atoms with Crippen molar-refractivity contribution in [2.75, 3.05) is 47.0 Å². The summed E-state index contributed by atoms with van der Waals surface area (Å²) in [6, 6.07) is 0. The molecule has 0 spiro atoms. The Kier molecular flexibility index (Phi) is 6.45. The first-order valence-electron chi connectivity index (χ1n) is 5.88. The Morgan fingerprint density at radius 1 is 1.50 bits per heavy atom. The summed E-state index contributed by atoms with van der Waals surface area (Å²) in [5.41, 5.74) is 0. The quantitative estimate of drug-likeness (QED) is 0.599. The maximum atomic E-state index is 11.1. The van der Waals surface area contributed by atoms with E-state index in [1.807, 2.05) is 4.90 Å². The predicted octanol–water partition coefficient (Wildman–Crippen LogP) is -0.394. The third-order valence-electron chi connectivity index (χ3n) is 2.68. The lowest BCUT2D eigenvalue weighted by molar-refractivity contribution is -0.141. The summed E-state index contributed by atoms with van der Waals surface area (Å²) in [7, 11) is 2.99. The van der Waals surface area contributed by atoms with E-state index >= 15 is 0 Å². The Morgan fingerprint density at radius 2 is 2.28 bits per heavy atom. The van der Waals surface area contributed by atoms with Crippen molar-refractivity contribution in [3.8, 4) is 0 Å². The van der Waals surface area contributed by atoms with Gasteiger partial charge in [-0.05, 0) is 0 Å². The number of hydrogen-bond acceptors (Lipinski definition) is 6. The maximum absolute atomic E-state index is 11.1. The van der Waals surface area contributed by atoms with Crippen LogP contribution in [0.1, 0.15) is 6.42 Å². The standard InChI is InChI=1S/C11H20N2O5/c1-16-6-5-13(4-3-10(14)17-2)8-9-7-12-11(15)18-9/h9H,3-8H2,1-2H3,(H,12,15). The molecule has 0 aliphatic carbocycles. The van der Waals surface area contributed by atoms with E-state index in [0.29, 0.717) is 39.2 Å². The van der Waals surface area contributed by atoms with Gasteiger partial charge in [0.15, 0.2) is 0 Å². The van der Waals surface area contributed by atoms with Crippen molar-refractivity contribution in [2.24, 2.45) is 0 Å². The summed E-state index contributed by atoms with van der Waals surface area (Å²) in [5, 5.41) is 2.60. The molecule has 0 aromatic heterocycles. The number of cyclic esters (lactones) is 1. The summed E-state index contributed by atoms with van der Waals surface area (Å²) in [5.74, 6) is -0.251. The molecule has 0 radical (unpaired) electrons. The molecule has 1 heterocycles. The van der Waals surface area contributed by atoms with E-state index in [0.717, 1.165) is 0 Å². The van der Waals surface area contributed by atoms with E-state index in [1.54, 1.807) is 7.11 Å². The molecular weight excluding hydrogens is 240 g/mol. The lowest BCUT2D eigenvalue weighted by Gasteiger charge is -2.23. The van der Waals surface area contributed by atoms with Crippen molar-refractivity contribution in [1.29, 1.82) is 0 Å². The molecule has 1 aliphatic heterocycles. The second kappa shape index (κ2) is 7.88. The normalized spacial score (nSPS) is 18.6. The number of hydrogen-bond donors (Lipinski definition) is 1. The molecule has 0 saturated carbocycles. The van der Waals surface area contributed by atoms with Gasteiger partial charge in [0.1, 0.15) is 6.10 Å². The van der Waals surface area contributed by atoms with Crippen LogP contribution in [0.15, 0.2) is 0 Å². The highest BCUT2D eigenvalue weighted by Gasteiger charge is 2.24. The van der Waals surface area contributed by atoms with Crippen LogP contribution in [-0.2, 0) is 19.0 Å².